The van der Waals surface area contributed by atoms with Crippen molar-refractivity contribution >= 4 is 23.9 Å². The molecule has 0 amide bonds. The number of carbonyl (C=O) groups is 4. The Morgan fingerprint density at radius 3 is 2.46 bits per heavy atom. The van der Waals surface area contributed by atoms with Crippen LogP contribution in [0.5, 0.6) is 0 Å². The Labute approximate surface area is 284 Å². The zero-order valence-electron chi connectivity index (χ0n) is 29.7. The molecule has 10 unspecified atom stereocenters. The lowest BCUT2D eigenvalue weighted by Gasteiger charge is -2.33. The summed E-state index contributed by atoms with van der Waals surface area (Å²) in [6.07, 6.45) is 7.41. The van der Waals surface area contributed by atoms with E-state index in [-0.39, 0.29) is 61.9 Å². The maximum atomic E-state index is 13.2. The number of aliphatic hydroxyl groups excluding tert-OH is 1. The van der Waals surface area contributed by atoms with E-state index in [4.69, 9.17) is 28.4 Å². The molecule has 0 aliphatic carbocycles. The fraction of sp³-hybridized carbons (Fsp3) is 0.722. The minimum atomic E-state index is -1.56. The Hall–Kier alpha value is -3.06. The van der Waals surface area contributed by atoms with Gasteiger partial charge in [0.1, 0.15) is 30.5 Å². The monoisotopic (exact) mass is 680 g/mol. The second-order valence-corrected chi connectivity index (χ2v) is 13.2. The molecule has 0 spiro atoms. The van der Waals surface area contributed by atoms with Crippen LogP contribution < -0.4 is 0 Å². The Bertz CT molecular complexity index is 1160. The number of aliphatic hydroxyl groups is 2. The van der Waals surface area contributed by atoms with Gasteiger partial charge >= 0.3 is 23.9 Å². The summed E-state index contributed by atoms with van der Waals surface area (Å²) in [6, 6.07) is 0. The Balaban J connectivity index is 2.21. The first-order valence-corrected chi connectivity index (χ1v) is 17.0. The third kappa shape index (κ3) is 14.2. The molecule has 0 aromatic carbocycles. The fourth-order valence-corrected chi connectivity index (χ4v) is 5.64. The van der Waals surface area contributed by atoms with E-state index in [1.807, 2.05) is 45.9 Å². The summed E-state index contributed by atoms with van der Waals surface area (Å²) in [6.45, 7) is 13.5. The topological polar surface area (TPSA) is 167 Å². The molecule has 0 aromatic heterocycles. The van der Waals surface area contributed by atoms with Gasteiger partial charge in [0.2, 0.25) is 0 Å². The molecule has 2 aliphatic rings. The highest BCUT2D eigenvalue weighted by Crippen LogP contribution is 2.36. The molecule has 2 rings (SSSR count). The van der Waals surface area contributed by atoms with E-state index in [2.05, 4.69) is 6.92 Å². The number of epoxide rings is 1. The first-order chi connectivity index (χ1) is 22.6. The van der Waals surface area contributed by atoms with Crippen LogP contribution in [-0.2, 0) is 47.6 Å². The van der Waals surface area contributed by atoms with Gasteiger partial charge in [-0.2, -0.15) is 0 Å². The summed E-state index contributed by atoms with van der Waals surface area (Å²) in [5.41, 5.74) is -0.818. The van der Waals surface area contributed by atoms with Crippen LogP contribution in [0.15, 0.2) is 36.0 Å². The Morgan fingerprint density at radius 1 is 1.10 bits per heavy atom. The number of carbonyl (C=O) groups excluding carboxylic acids is 4. The van der Waals surface area contributed by atoms with Gasteiger partial charge < -0.3 is 38.6 Å². The van der Waals surface area contributed by atoms with Gasteiger partial charge in [-0.3, -0.25) is 9.59 Å². The van der Waals surface area contributed by atoms with Crippen LogP contribution in [0.1, 0.15) is 87.5 Å². The lowest BCUT2D eigenvalue weighted by molar-refractivity contribution is -0.168. The molecule has 12 heteroatoms. The van der Waals surface area contributed by atoms with E-state index in [1.165, 1.54) is 13.8 Å². The summed E-state index contributed by atoms with van der Waals surface area (Å²) >= 11 is 0. The Morgan fingerprint density at radius 2 is 1.81 bits per heavy atom. The summed E-state index contributed by atoms with van der Waals surface area (Å²) in [4.78, 5) is 49.4. The SMILES string of the molecule is CCOCC(=O)OCC(=O)OC1CCC(C)(O)C(OC(C)=O)/C=C\C(C)C(/C(C)=C/C=C/C(C)CC2OC2C(C)C(O)CC)OC(=O)C1. The van der Waals surface area contributed by atoms with Crippen LogP contribution in [-0.4, -0.2) is 96.1 Å². The van der Waals surface area contributed by atoms with Crippen molar-refractivity contribution in [3.8, 4) is 0 Å². The summed E-state index contributed by atoms with van der Waals surface area (Å²) in [5, 5.41) is 21.4. The summed E-state index contributed by atoms with van der Waals surface area (Å²) in [7, 11) is 0. The quantitative estimate of drug-likeness (QED) is 0.0835. The third-order valence-electron chi connectivity index (χ3n) is 8.69. The molecular formula is C36H56O12. The van der Waals surface area contributed by atoms with Crippen molar-refractivity contribution in [3.63, 3.8) is 0 Å². The number of hydrogen-bond acceptors (Lipinski definition) is 12. The molecule has 2 heterocycles. The van der Waals surface area contributed by atoms with Crippen LogP contribution in [0.2, 0.25) is 0 Å². The standard InChI is InChI=1S/C36H56O12/c1-9-28(38)25(6)35-29(47-35)18-22(3)12-11-13-23(4)34-24(5)14-15-30(45-26(7)37)36(8,42)17-16-27(19-31(39)48-34)46-33(41)21-44-32(40)20-43-10-2/h11-15,22,24-25,27-30,34-35,38,42H,9-10,16-21H2,1-8H3/b12-11+,15-14-,23-13+. The predicted molar refractivity (Wildman–Crippen MR) is 176 cm³/mol. The highest BCUT2D eigenvalue weighted by atomic mass is 16.6. The molecule has 0 aromatic rings. The van der Waals surface area contributed by atoms with Gasteiger partial charge in [0.25, 0.3) is 0 Å². The molecule has 1 fully saturated rings. The summed E-state index contributed by atoms with van der Waals surface area (Å²) in [5.74, 6) is -2.92. The molecule has 2 N–H and O–H groups in total. The van der Waals surface area contributed by atoms with E-state index in [0.29, 0.717) is 13.0 Å². The number of cyclic esters (lactones) is 1. The predicted octanol–water partition coefficient (Wildman–Crippen LogP) is 4.15. The van der Waals surface area contributed by atoms with Crippen molar-refractivity contribution in [2.45, 2.75) is 130 Å². The van der Waals surface area contributed by atoms with Crippen LogP contribution in [0, 0.1) is 17.8 Å². The van der Waals surface area contributed by atoms with Gasteiger partial charge in [-0.25, -0.2) is 9.59 Å². The largest absolute Gasteiger partial charge is 0.459 e. The van der Waals surface area contributed by atoms with Crippen molar-refractivity contribution in [3.05, 3.63) is 36.0 Å². The normalized spacial score (nSPS) is 31.0. The molecule has 48 heavy (non-hydrogen) atoms. The molecule has 0 bridgehead atoms. The molecular weight excluding hydrogens is 624 g/mol. The average Bonchev–Trinajstić information content (AvgIpc) is 3.79. The molecule has 0 saturated carbocycles. The lowest BCUT2D eigenvalue weighted by atomic mass is 9.88. The van der Waals surface area contributed by atoms with E-state index < -0.39 is 54.4 Å². The van der Waals surface area contributed by atoms with Gasteiger partial charge in [0.15, 0.2) is 6.61 Å². The minimum Gasteiger partial charge on any atom is -0.459 e. The van der Waals surface area contributed by atoms with Gasteiger partial charge in [-0.05, 0) is 64.0 Å². The molecule has 12 nitrogen and oxygen atoms in total. The van der Waals surface area contributed by atoms with Crippen molar-refractivity contribution in [2.75, 3.05) is 19.8 Å². The van der Waals surface area contributed by atoms with Crippen molar-refractivity contribution in [2.24, 2.45) is 17.8 Å². The van der Waals surface area contributed by atoms with Gasteiger partial charge in [-0.15, -0.1) is 0 Å². The minimum absolute atomic E-state index is 0.00903. The first-order valence-electron chi connectivity index (χ1n) is 17.0. The number of rotatable bonds is 15. The highest BCUT2D eigenvalue weighted by molar-refractivity contribution is 5.77. The smallest absolute Gasteiger partial charge is 0.344 e. The van der Waals surface area contributed by atoms with E-state index in [9.17, 15) is 29.4 Å². The number of hydrogen-bond donors (Lipinski definition) is 2. The van der Waals surface area contributed by atoms with Gasteiger partial charge in [0.05, 0.1) is 24.7 Å². The molecule has 2 aliphatic heterocycles. The summed E-state index contributed by atoms with van der Waals surface area (Å²) < 4.78 is 32.5. The van der Waals surface area contributed by atoms with Crippen LogP contribution in [0.25, 0.3) is 0 Å². The van der Waals surface area contributed by atoms with Crippen LogP contribution in [0.3, 0.4) is 0 Å². The highest BCUT2D eigenvalue weighted by Gasteiger charge is 2.45. The van der Waals surface area contributed by atoms with Crippen LogP contribution in [0.4, 0.5) is 0 Å². The third-order valence-corrected chi connectivity index (χ3v) is 8.69. The van der Waals surface area contributed by atoms with Gasteiger partial charge in [-0.1, -0.05) is 52.0 Å². The van der Waals surface area contributed by atoms with Crippen molar-refractivity contribution in [1.82, 2.24) is 0 Å². The van der Waals surface area contributed by atoms with Crippen LogP contribution >= 0.6 is 0 Å². The number of ether oxygens (including phenoxy) is 6. The van der Waals surface area contributed by atoms with Gasteiger partial charge in [0, 0.05) is 25.4 Å². The Kier molecular flexibility index (Phi) is 17.0. The molecule has 10 atom stereocenters. The molecule has 0 radical (unpaired) electrons. The number of allylic oxidation sites excluding steroid dienone is 3. The maximum Gasteiger partial charge on any atom is 0.344 e. The molecule has 272 valence electrons. The number of esters is 4. The lowest BCUT2D eigenvalue weighted by Crippen LogP contribution is -2.42. The van der Waals surface area contributed by atoms with Crippen molar-refractivity contribution < 1.29 is 57.8 Å². The zero-order chi connectivity index (χ0) is 36.0. The van der Waals surface area contributed by atoms with Crippen molar-refractivity contribution in [1.29, 1.82) is 0 Å². The first kappa shape index (κ1) is 41.1. The maximum absolute atomic E-state index is 13.2. The van der Waals surface area contributed by atoms with E-state index >= 15 is 0 Å². The average molecular weight is 681 g/mol. The fourth-order valence-electron chi connectivity index (χ4n) is 5.64. The molecule has 1 saturated heterocycles. The van der Waals surface area contributed by atoms with E-state index in [0.717, 1.165) is 12.0 Å². The zero-order valence-corrected chi connectivity index (χ0v) is 29.7. The van der Waals surface area contributed by atoms with E-state index in [1.54, 1.807) is 19.1 Å². The second-order valence-electron chi connectivity index (χ2n) is 13.2. The second kappa shape index (κ2) is 19.8.